The van der Waals surface area contributed by atoms with Crippen molar-refractivity contribution in [1.82, 2.24) is 9.97 Å². The van der Waals surface area contributed by atoms with E-state index in [0.29, 0.717) is 16.8 Å². The third-order valence-corrected chi connectivity index (χ3v) is 3.76. The molecule has 4 nitrogen and oxygen atoms in total. The zero-order valence-electron chi connectivity index (χ0n) is 12.8. The van der Waals surface area contributed by atoms with Gasteiger partial charge in [0.1, 0.15) is 17.5 Å². The van der Waals surface area contributed by atoms with E-state index in [4.69, 9.17) is 5.73 Å². The van der Waals surface area contributed by atoms with Gasteiger partial charge in [-0.15, -0.1) is 0 Å². The van der Waals surface area contributed by atoms with Crippen LogP contribution in [0.15, 0.2) is 54.7 Å². The zero-order chi connectivity index (χ0) is 16.2. The van der Waals surface area contributed by atoms with Crippen molar-refractivity contribution in [3.63, 3.8) is 0 Å². The molecule has 0 unspecified atom stereocenters. The number of benzene rings is 1. The molecule has 0 aliphatic heterocycles. The van der Waals surface area contributed by atoms with Gasteiger partial charge in [0.25, 0.3) is 0 Å². The smallest absolute Gasteiger partial charge is 0.142 e. The molecule has 4 heteroatoms. The minimum Gasteiger partial charge on any atom is -0.383 e. The fourth-order valence-electron chi connectivity index (χ4n) is 2.47. The predicted molar refractivity (Wildman–Crippen MR) is 91.4 cm³/mol. The summed E-state index contributed by atoms with van der Waals surface area (Å²) in [6, 6.07) is 17.8. The molecule has 0 saturated heterocycles. The summed E-state index contributed by atoms with van der Waals surface area (Å²) in [5, 5.41) is 9.39. The van der Waals surface area contributed by atoms with Crippen LogP contribution in [0.25, 0.3) is 22.5 Å². The Morgan fingerprint density at radius 1 is 1.09 bits per heavy atom. The second kappa shape index (κ2) is 6.29. The number of aromatic nitrogens is 2. The molecule has 1 aromatic carbocycles. The maximum atomic E-state index is 9.39. The average Bonchev–Trinajstić information content (AvgIpc) is 2.62. The van der Waals surface area contributed by atoms with Gasteiger partial charge in [0, 0.05) is 17.3 Å². The summed E-state index contributed by atoms with van der Waals surface area (Å²) < 4.78 is 0. The molecule has 0 amide bonds. The van der Waals surface area contributed by atoms with Gasteiger partial charge in [-0.25, -0.2) is 4.98 Å². The Labute approximate surface area is 135 Å². The Bertz CT molecular complexity index is 862. The number of nitrogens with zero attached hydrogens (tertiary/aromatic N) is 3. The number of rotatable bonds is 3. The minimum atomic E-state index is 0.227. The summed E-state index contributed by atoms with van der Waals surface area (Å²) in [7, 11) is 0. The fraction of sp³-hybridized carbons (Fsp3) is 0.105. The number of aryl methyl sites for hydroxylation is 1. The highest BCUT2D eigenvalue weighted by molar-refractivity contribution is 5.78. The third kappa shape index (κ3) is 2.90. The molecule has 0 fully saturated rings. The molecule has 112 valence electrons. The van der Waals surface area contributed by atoms with Gasteiger partial charge in [-0.1, -0.05) is 37.3 Å². The lowest BCUT2D eigenvalue weighted by molar-refractivity contribution is 1.14. The minimum absolute atomic E-state index is 0.227. The van der Waals surface area contributed by atoms with E-state index in [0.717, 1.165) is 17.7 Å². The molecular weight excluding hydrogens is 284 g/mol. The second-order valence-electron chi connectivity index (χ2n) is 5.19. The van der Waals surface area contributed by atoms with Gasteiger partial charge in [0.05, 0.1) is 11.4 Å². The first-order valence-corrected chi connectivity index (χ1v) is 7.44. The van der Waals surface area contributed by atoms with E-state index in [1.54, 1.807) is 6.20 Å². The monoisotopic (exact) mass is 300 g/mol. The van der Waals surface area contributed by atoms with Crippen LogP contribution in [-0.2, 0) is 6.42 Å². The molecule has 2 aromatic heterocycles. The van der Waals surface area contributed by atoms with Gasteiger partial charge in [-0.2, -0.15) is 5.26 Å². The number of hydrogen-bond donors (Lipinski definition) is 1. The lowest BCUT2D eigenvalue weighted by Gasteiger charge is -2.10. The highest BCUT2D eigenvalue weighted by atomic mass is 14.9. The Morgan fingerprint density at radius 3 is 2.48 bits per heavy atom. The van der Waals surface area contributed by atoms with E-state index < -0.39 is 0 Å². The zero-order valence-corrected chi connectivity index (χ0v) is 12.8. The SMILES string of the molecule is CCc1ccc(-c2cc(-c3ccccn3)c(C#N)c(N)n2)cc1. The number of anilines is 1. The lowest BCUT2D eigenvalue weighted by Crippen LogP contribution is -2.00. The van der Waals surface area contributed by atoms with Crippen molar-refractivity contribution >= 4 is 5.82 Å². The summed E-state index contributed by atoms with van der Waals surface area (Å²) >= 11 is 0. The van der Waals surface area contributed by atoms with E-state index in [-0.39, 0.29) is 5.82 Å². The molecule has 2 heterocycles. The highest BCUT2D eigenvalue weighted by Crippen LogP contribution is 2.30. The number of pyridine rings is 2. The third-order valence-electron chi connectivity index (χ3n) is 3.76. The number of nitrogens with two attached hydrogens (primary N) is 1. The first kappa shape index (κ1) is 14.7. The van der Waals surface area contributed by atoms with Crippen LogP contribution in [0.1, 0.15) is 18.1 Å². The fourth-order valence-corrected chi connectivity index (χ4v) is 2.47. The van der Waals surface area contributed by atoms with Gasteiger partial charge < -0.3 is 5.73 Å². The van der Waals surface area contributed by atoms with Crippen molar-refractivity contribution in [3.8, 4) is 28.6 Å². The second-order valence-corrected chi connectivity index (χ2v) is 5.19. The Morgan fingerprint density at radius 2 is 1.87 bits per heavy atom. The van der Waals surface area contributed by atoms with E-state index in [1.807, 2.05) is 36.4 Å². The van der Waals surface area contributed by atoms with Crippen LogP contribution in [0.2, 0.25) is 0 Å². The average molecular weight is 300 g/mol. The molecule has 0 saturated carbocycles. The van der Waals surface area contributed by atoms with E-state index in [2.05, 4.69) is 35.1 Å². The van der Waals surface area contributed by atoms with E-state index in [1.165, 1.54) is 5.56 Å². The summed E-state index contributed by atoms with van der Waals surface area (Å²) in [5.74, 6) is 0.227. The van der Waals surface area contributed by atoms with Gasteiger partial charge >= 0.3 is 0 Å². The largest absolute Gasteiger partial charge is 0.383 e. The molecule has 23 heavy (non-hydrogen) atoms. The van der Waals surface area contributed by atoms with Crippen LogP contribution in [0.3, 0.4) is 0 Å². The maximum Gasteiger partial charge on any atom is 0.142 e. The van der Waals surface area contributed by atoms with Gasteiger partial charge in [-0.3, -0.25) is 4.98 Å². The summed E-state index contributed by atoms with van der Waals surface area (Å²) in [5.41, 5.74) is 10.8. The van der Waals surface area contributed by atoms with Crippen molar-refractivity contribution in [2.75, 3.05) is 5.73 Å². The van der Waals surface area contributed by atoms with Crippen LogP contribution in [0, 0.1) is 11.3 Å². The van der Waals surface area contributed by atoms with E-state index >= 15 is 0 Å². The van der Waals surface area contributed by atoms with Crippen molar-refractivity contribution in [1.29, 1.82) is 5.26 Å². The van der Waals surface area contributed by atoms with Crippen LogP contribution in [0.5, 0.6) is 0 Å². The molecule has 0 aliphatic carbocycles. The van der Waals surface area contributed by atoms with Crippen LogP contribution in [-0.4, -0.2) is 9.97 Å². The normalized spacial score (nSPS) is 10.3. The maximum absolute atomic E-state index is 9.39. The Kier molecular flexibility index (Phi) is 4.03. The van der Waals surface area contributed by atoms with Crippen LogP contribution in [0.4, 0.5) is 5.82 Å². The van der Waals surface area contributed by atoms with Crippen molar-refractivity contribution in [2.45, 2.75) is 13.3 Å². The van der Waals surface area contributed by atoms with Gasteiger partial charge in [0.2, 0.25) is 0 Å². The molecule has 3 aromatic rings. The van der Waals surface area contributed by atoms with Crippen molar-refractivity contribution < 1.29 is 0 Å². The molecule has 0 bridgehead atoms. The first-order valence-electron chi connectivity index (χ1n) is 7.44. The van der Waals surface area contributed by atoms with E-state index in [9.17, 15) is 5.26 Å². The molecule has 0 aliphatic rings. The Hall–Kier alpha value is -3.19. The molecule has 0 radical (unpaired) electrons. The van der Waals surface area contributed by atoms with Crippen molar-refractivity contribution in [3.05, 3.63) is 65.9 Å². The van der Waals surface area contributed by atoms with Crippen molar-refractivity contribution in [2.24, 2.45) is 0 Å². The standard InChI is InChI=1S/C19H16N4/c1-2-13-6-8-14(9-7-13)18-11-15(16(12-20)19(21)23-18)17-5-3-4-10-22-17/h3-11H,2H2,1H3,(H2,21,23). The molecule has 0 spiro atoms. The lowest BCUT2D eigenvalue weighted by atomic mass is 10.0. The number of hydrogen-bond acceptors (Lipinski definition) is 4. The summed E-state index contributed by atoms with van der Waals surface area (Å²) in [6.45, 7) is 2.12. The van der Waals surface area contributed by atoms with Crippen LogP contribution >= 0.6 is 0 Å². The first-order chi connectivity index (χ1) is 11.2. The highest BCUT2D eigenvalue weighted by Gasteiger charge is 2.14. The summed E-state index contributed by atoms with van der Waals surface area (Å²) in [4.78, 5) is 8.71. The molecule has 0 atom stereocenters. The van der Waals surface area contributed by atoms with Crippen LogP contribution < -0.4 is 5.73 Å². The number of nitrogen functional groups attached to an aromatic ring is 1. The van der Waals surface area contributed by atoms with Gasteiger partial charge in [-0.05, 0) is 30.2 Å². The molecular formula is C19H16N4. The predicted octanol–water partition coefficient (Wildman–Crippen LogP) is 3.83. The van der Waals surface area contributed by atoms with Gasteiger partial charge in [0.15, 0.2) is 0 Å². The number of nitriles is 1. The summed E-state index contributed by atoms with van der Waals surface area (Å²) in [6.07, 6.45) is 2.69. The molecule has 2 N–H and O–H groups in total. The quantitative estimate of drug-likeness (QED) is 0.797. The Balaban J connectivity index is 2.16. The topological polar surface area (TPSA) is 75.6 Å². The molecule has 3 rings (SSSR count).